The zero-order valence-corrected chi connectivity index (χ0v) is 21.3. The number of piperidine rings is 1. The van der Waals surface area contributed by atoms with Crippen molar-refractivity contribution >= 4 is 29.9 Å². The lowest BCUT2D eigenvalue weighted by Gasteiger charge is -2.35. The summed E-state index contributed by atoms with van der Waals surface area (Å²) >= 11 is 0. The van der Waals surface area contributed by atoms with Crippen LogP contribution in [0.5, 0.6) is 5.75 Å². The van der Waals surface area contributed by atoms with Gasteiger partial charge < -0.3 is 25.0 Å². The quantitative estimate of drug-likeness (QED) is 0.322. The number of benzene rings is 1. The Labute approximate surface area is 199 Å². The minimum absolute atomic E-state index is 0. The van der Waals surface area contributed by atoms with Crippen LogP contribution >= 0.6 is 24.0 Å². The molecule has 0 bridgehead atoms. The van der Waals surface area contributed by atoms with Crippen LogP contribution in [0.1, 0.15) is 37.8 Å². The van der Waals surface area contributed by atoms with Crippen LogP contribution < -0.4 is 15.4 Å². The van der Waals surface area contributed by atoms with Crippen molar-refractivity contribution in [2.24, 2.45) is 16.8 Å². The van der Waals surface area contributed by atoms with Crippen LogP contribution in [0.25, 0.3) is 0 Å². The lowest BCUT2D eigenvalue weighted by atomic mass is 9.92. The predicted molar refractivity (Wildman–Crippen MR) is 134 cm³/mol. The van der Waals surface area contributed by atoms with Gasteiger partial charge in [0.2, 0.25) is 0 Å². The second-order valence-electron chi connectivity index (χ2n) is 8.77. The van der Waals surface area contributed by atoms with E-state index < -0.39 is 0 Å². The monoisotopic (exact) mass is 530 g/mol. The van der Waals surface area contributed by atoms with E-state index in [4.69, 9.17) is 9.47 Å². The molecule has 0 saturated carbocycles. The molecule has 2 aliphatic rings. The zero-order valence-electron chi connectivity index (χ0n) is 18.9. The molecule has 1 aromatic rings. The van der Waals surface area contributed by atoms with E-state index in [1.54, 1.807) is 0 Å². The number of ether oxygens (including phenoxy) is 2. The van der Waals surface area contributed by atoms with Gasteiger partial charge >= 0.3 is 0 Å². The zero-order chi connectivity index (χ0) is 20.6. The van der Waals surface area contributed by atoms with Gasteiger partial charge in [0.05, 0.1) is 13.2 Å². The van der Waals surface area contributed by atoms with Gasteiger partial charge in [-0.3, -0.25) is 4.99 Å². The van der Waals surface area contributed by atoms with Crippen LogP contribution in [0.3, 0.4) is 0 Å². The number of rotatable bonds is 7. The molecule has 3 rings (SSSR count). The van der Waals surface area contributed by atoms with Crippen molar-refractivity contribution in [3.8, 4) is 5.75 Å². The Balaban J connectivity index is 0.00000320. The van der Waals surface area contributed by atoms with Gasteiger partial charge in [0, 0.05) is 51.8 Å². The molecule has 0 aliphatic carbocycles. The first-order valence-corrected chi connectivity index (χ1v) is 11.0. The van der Waals surface area contributed by atoms with Crippen molar-refractivity contribution in [3.63, 3.8) is 0 Å². The summed E-state index contributed by atoms with van der Waals surface area (Å²) in [5.74, 6) is 3.36. The van der Waals surface area contributed by atoms with Gasteiger partial charge in [-0.15, -0.1) is 24.0 Å². The van der Waals surface area contributed by atoms with Gasteiger partial charge in [-0.05, 0) is 36.8 Å². The molecule has 0 radical (unpaired) electrons. The normalized spacial score (nSPS) is 24.9. The van der Waals surface area contributed by atoms with Crippen LogP contribution in [0.2, 0.25) is 0 Å². The highest BCUT2D eigenvalue weighted by molar-refractivity contribution is 14.0. The Kier molecular flexibility index (Phi) is 10.7. The maximum absolute atomic E-state index is 6.20. The number of likely N-dealkylation sites (tertiary alicyclic amines) is 1. The summed E-state index contributed by atoms with van der Waals surface area (Å²) in [5, 5.41) is 6.89. The van der Waals surface area contributed by atoms with Gasteiger partial charge in [-0.1, -0.05) is 26.0 Å². The minimum Gasteiger partial charge on any atom is -0.488 e. The predicted octanol–water partition coefficient (Wildman–Crippen LogP) is 3.42. The van der Waals surface area contributed by atoms with Crippen molar-refractivity contribution in [1.82, 2.24) is 15.5 Å². The van der Waals surface area contributed by atoms with E-state index in [0.29, 0.717) is 13.2 Å². The highest BCUT2D eigenvalue weighted by Crippen LogP contribution is 2.24. The average Bonchev–Trinajstić information content (AvgIpc) is 3.18. The molecule has 2 heterocycles. The fourth-order valence-electron chi connectivity index (χ4n) is 4.41. The fourth-order valence-corrected chi connectivity index (χ4v) is 4.41. The van der Waals surface area contributed by atoms with Crippen LogP contribution in [0, 0.1) is 18.8 Å². The number of nitrogens with zero attached hydrogens (tertiary/aromatic N) is 2. The third kappa shape index (κ3) is 7.89. The summed E-state index contributed by atoms with van der Waals surface area (Å²) in [6.07, 6.45) is 2.46. The molecular formula is C23H39IN4O2. The number of hydrogen-bond donors (Lipinski definition) is 2. The Morgan fingerprint density at radius 2 is 2.00 bits per heavy atom. The largest absolute Gasteiger partial charge is 0.488 e. The molecule has 0 spiro atoms. The first kappa shape index (κ1) is 25.2. The van der Waals surface area contributed by atoms with Gasteiger partial charge in [0.25, 0.3) is 0 Å². The molecule has 0 aromatic heterocycles. The van der Waals surface area contributed by atoms with Crippen LogP contribution in [0.15, 0.2) is 23.2 Å². The molecule has 2 saturated heterocycles. The number of hydrogen-bond acceptors (Lipinski definition) is 4. The van der Waals surface area contributed by atoms with E-state index in [2.05, 4.69) is 59.5 Å². The third-order valence-corrected chi connectivity index (χ3v) is 5.74. The molecule has 1 aromatic carbocycles. The van der Waals surface area contributed by atoms with E-state index in [1.165, 1.54) is 25.1 Å². The molecule has 170 valence electrons. The number of aliphatic imine (C=N–C) groups is 1. The van der Waals surface area contributed by atoms with E-state index in [0.717, 1.165) is 55.2 Å². The minimum atomic E-state index is 0. The van der Waals surface area contributed by atoms with E-state index >= 15 is 0 Å². The van der Waals surface area contributed by atoms with Gasteiger partial charge in [-0.25, -0.2) is 0 Å². The highest BCUT2D eigenvalue weighted by Gasteiger charge is 2.21. The van der Waals surface area contributed by atoms with Gasteiger partial charge in [-0.2, -0.15) is 0 Å². The standard InChI is InChI=1S/C23H38N4O2.HI/c1-17-5-6-20(22(12-17)29-21-7-10-28-16-21)13-26-23(24-4)25-8-9-27-14-18(2)11-19(3)15-27;/h5-6,12,18-19,21H,7-11,13-16H2,1-4H3,(H2,24,25,26);1H. The molecule has 3 unspecified atom stereocenters. The van der Waals surface area contributed by atoms with Crippen molar-refractivity contribution in [2.45, 2.75) is 46.3 Å². The Hall–Kier alpha value is -1.06. The molecule has 2 N–H and O–H groups in total. The lowest BCUT2D eigenvalue weighted by molar-refractivity contribution is 0.140. The van der Waals surface area contributed by atoms with E-state index in [9.17, 15) is 0 Å². The summed E-state index contributed by atoms with van der Waals surface area (Å²) in [6.45, 7) is 13.3. The Morgan fingerprint density at radius 3 is 2.67 bits per heavy atom. The second kappa shape index (κ2) is 12.7. The van der Waals surface area contributed by atoms with E-state index in [1.807, 2.05) is 7.05 Å². The Morgan fingerprint density at radius 1 is 1.23 bits per heavy atom. The summed E-state index contributed by atoms with van der Waals surface area (Å²) in [4.78, 5) is 6.95. The second-order valence-corrected chi connectivity index (χ2v) is 8.77. The first-order valence-electron chi connectivity index (χ1n) is 11.0. The van der Waals surface area contributed by atoms with Crippen molar-refractivity contribution < 1.29 is 9.47 Å². The summed E-state index contributed by atoms with van der Waals surface area (Å²) in [6, 6.07) is 6.38. The number of halogens is 1. The maximum Gasteiger partial charge on any atom is 0.191 e. The van der Waals surface area contributed by atoms with Gasteiger partial charge in [0.1, 0.15) is 11.9 Å². The van der Waals surface area contributed by atoms with Crippen molar-refractivity contribution in [2.75, 3.05) is 46.4 Å². The lowest BCUT2D eigenvalue weighted by Crippen LogP contribution is -2.45. The SMILES string of the molecule is CN=C(NCCN1CC(C)CC(C)C1)NCc1ccc(C)cc1OC1CCOC1.I. The number of guanidine groups is 1. The maximum atomic E-state index is 6.20. The van der Waals surface area contributed by atoms with Crippen molar-refractivity contribution in [1.29, 1.82) is 0 Å². The topological polar surface area (TPSA) is 58.1 Å². The summed E-state index contributed by atoms with van der Waals surface area (Å²) in [7, 11) is 1.82. The average molecular weight is 530 g/mol. The summed E-state index contributed by atoms with van der Waals surface area (Å²) in [5.41, 5.74) is 2.35. The summed E-state index contributed by atoms with van der Waals surface area (Å²) < 4.78 is 11.7. The van der Waals surface area contributed by atoms with Crippen LogP contribution in [-0.2, 0) is 11.3 Å². The first-order chi connectivity index (χ1) is 14.0. The molecule has 2 fully saturated rings. The van der Waals surface area contributed by atoms with Crippen molar-refractivity contribution in [3.05, 3.63) is 29.3 Å². The molecule has 3 atom stereocenters. The molecule has 0 amide bonds. The number of nitrogens with one attached hydrogen (secondary N) is 2. The molecule has 2 aliphatic heterocycles. The molecule has 30 heavy (non-hydrogen) atoms. The van der Waals surface area contributed by atoms with Gasteiger partial charge in [0.15, 0.2) is 5.96 Å². The van der Waals surface area contributed by atoms with Crippen LogP contribution in [0.4, 0.5) is 0 Å². The molecular weight excluding hydrogens is 491 g/mol. The number of aryl methyl sites for hydroxylation is 1. The van der Waals surface area contributed by atoms with Crippen LogP contribution in [-0.4, -0.2) is 63.4 Å². The fraction of sp³-hybridized carbons (Fsp3) is 0.696. The smallest absolute Gasteiger partial charge is 0.191 e. The highest BCUT2D eigenvalue weighted by atomic mass is 127. The molecule has 7 heteroatoms. The molecule has 6 nitrogen and oxygen atoms in total. The van der Waals surface area contributed by atoms with E-state index in [-0.39, 0.29) is 30.1 Å². The third-order valence-electron chi connectivity index (χ3n) is 5.74. The Bertz CT molecular complexity index is 669.